The van der Waals surface area contributed by atoms with Gasteiger partial charge < -0.3 is 0 Å². The minimum Gasteiger partial charge on any atom is -0.207 e. The maximum absolute atomic E-state index is 12.3. The van der Waals surface area contributed by atoms with E-state index in [0.29, 0.717) is 16.2 Å². The number of rotatable bonds is 3. The van der Waals surface area contributed by atoms with Crippen LogP contribution in [0.25, 0.3) is 32.3 Å². The predicted octanol–water partition coefficient (Wildman–Crippen LogP) is 4.37. The van der Waals surface area contributed by atoms with Crippen LogP contribution in [0.3, 0.4) is 0 Å². The van der Waals surface area contributed by atoms with Gasteiger partial charge in [-0.3, -0.25) is 0 Å². The minimum absolute atomic E-state index is 0.0717. The summed E-state index contributed by atoms with van der Waals surface area (Å²) in [4.78, 5) is -3.01. The molecule has 12 heteroatoms. The van der Waals surface area contributed by atoms with Crippen LogP contribution in [0.1, 0.15) is 0 Å². The highest BCUT2D eigenvalue weighted by Gasteiger charge is 2.36. The molecule has 0 bridgehead atoms. The van der Waals surface area contributed by atoms with Crippen molar-refractivity contribution in [2.75, 3.05) is 0 Å². The first kappa shape index (κ1) is 19.9. The van der Waals surface area contributed by atoms with Gasteiger partial charge in [-0.1, -0.05) is 42.5 Å². The number of hydrogen-bond donors (Lipinski definition) is 0. The second-order valence-electron chi connectivity index (χ2n) is 5.98. The van der Waals surface area contributed by atoms with Crippen molar-refractivity contribution in [2.24, 2.45) is 0 Å². The van der Waals surface area contributed by atoms with E-state index < -0.39 is 41.8 Å². The Balaban J connectivity index is 2.56. The summed E-state index contributed by atoms with van der Waals surface area (Å²) < 4.78 is 73.8. The lowest BCUT2D eigenvalue weighted by Gasteiger charge is -2.18. The lowest BCUT2D eigenvalue weighted by atomic mass is 9.94. The topological polar surface area (TPSA) is 102 Å². The van der Waals surface area contributed by atoms with Crippen molar-refractivity contribution in [1.29, 1.82) is 0 Å². The van der Waals surface area contributed by atoms with Crippen LogP contribution in [-0.2, 0) is 27.2 Å². The molecule has 0 aliphatic heterocycles. The molecule has 0 atom stereocenters. The molecule has 0 fully saturated rings. The van der Waals surface area contributed by atoms with Gasteiger partial charge in [0, 0.05) is 48.2 Å². The number of benzene rings is 4. The molecule has 146 valence electrons. The summed E-state index contributed by atoms with van der Waals surface area (Å²) in [5.41, 5.74) is 0. The van der Waals surface area contributed by atoms with Crippen LogP contribution in [0, 0.1) is 0 Å². The van der Waals surface area contributed by atoms with Gasteiger partial charge in [-0.2, -0.15) is 0 Å². The second-order valence-corrected chi connectivity index (χ2v) is 13.5. The molecule has 6 nitrogen and oxygen atoms in total. The van der Waals surface area contributed by atoms with Gasteiger partial charge in [0.1, 0.15) is 14.7 Å². The van der Waals surface area contributed by atoms with E-state index in [0.717, 1.165) is 0 Å². The predicted molar refractivity (Wildman–Crippen MR) is 109 cm³/mol. The van der Waals surface area contributed by atoms with Gasteiger partial charge in [0.15, 0.2) is 0 Å². The van der Waals surface area contributed by atoms with Crippen molar-refractivity contribution in [3.63, 3.8) is 0 Å². The summed E-state index contributed by atoms with van der Waals surface area (Å²) in [5.74, 6) is 0. The van der Waals surface area contributed by atoms with Crippen LogP contribution >= 0.6 is 32.0 Å². The molecular weight excluding hydrogens is 491 g/mol. The van der Waals surface area contributed by atoms with E-state index >= 15 is 0 Å². The van der Waals surface area contributed by atoms with E-state index in [-0.39, 0.29) is 16.2 Å². The number of hydrogen-bond acceptors (Lipinski definition) is 6. The Morgan fingerprint density at radius 3 is 1.25 bits per heavy atom. The molecule has 0 aliphatic rings. The molecule has 0 aliphatic carbocycles. The highest BCUT2D eigenvalue weighted by molar-refractivity contribution is 8.17. The SMILES string of the molecule is O=S(=O)(Cl)c1c(S(=O)(=O)Cl)c2ccc3cccc4ccc(c1S(=O)(=O)Cl)c2c34. The lowest BCUT2D eigenvalue weighted by Crippen LogP contribution is -2.10. The van der Waals surface area contributed by atoms with Crippen LogP contribution in [0.2, 0.25) is 0 Å². The Labute approximate surface area is 173 Å². The molecule has 0 saturated carbocycles. The molecule has 0 heterocycles. The molecule has 0 amide bonds. The molecule has 0 spiro atoms. The first-order valence-electron chi connectivity index (χ1n) is 7.39. The van der Waals surface area contributed by atoms with Crippen LogP contribution in [0.15, 0.2) is 57.2 Å². The molecule has 0 radical (unpaired) electrons. The van der Waals surface area contributed by atoms with Crippen molar-refractivity contribution in [1.82, 2.24) is 0 Å². The Morgan fingerprint density at radius 2 is 0.893 bits per heavy atom. The molecule has 0 unspecified atom stereocenters. The summed E-state index contributed by atoms with van der Waals surface area (Å²) in [6.07, 6.45) is 0. The molecule has 28 heavy (non-hydrogen) atoms. The van der Waals surface area contributed by atoms with E-state index in [1.54, 1.807) is 30.3 Å². The van der Waals surface area contributed by atoms with Crippen LogP contribution in [-0.4, -0.2) is 25.3 Å². The normalized spacial score (nSPS) is 13.7. The van der Waals surface area contributed by atoms with Gasteiger partial charge in [-0.15, -0.1) is 0 Å². The average molecular weight is 498 g/mol. The zero-order chi connectivity index (χ0) is 20.6. The van der Waals surface area contributed by atoms with E-state index in [1.807, 2.05) is 0 Å². The van der Waals surface area contributed by atoms with Crippen molar-refractivity contribution < 1.29 is 25.3 Å². The van der Waals surface area contributed by atoms with E-state index in [1.165, 1.54) is 12.1 Å². The quantitative estimate of drug-likeness (QED) is 0.308. The summed E-state index contributed by atoms with van der Waals surface area (Å²) in [5, 5.41) is 1.98. The Hall–Kier alpha value is -1.36. The third kappa shape index (κ3) is 2.92. The monoisotopic (exact) mass is 496 g/mol. The Morgan fingerprint density at radius 1 is 0.500 bits per heavy atom. The summed E-state index contributed by atoms with van der Waals surface area (Å²) >= 11 is 0. The fraction of sp³-hybridized carbons (Fsp3) is 0. The smallest absolute Gasteiger partial charge is 0.207 e. The molecule has 4 rings (SSSR count). The summed E-state index contributed by atoms with van der Waals surface area (Å²) in [6.45, 7) is 0. The van der Waals surface area contributed by atoms with Crippen molar-refractivity contribution in [3.05, 3.63) is 42.5 Å². The zero-order valence-corrected chi connectivity index (χ0v) is 18.1. The van der Waals surface area contributed by atoms with Crippen LogP contribution in [0.4, 0.5) is 0 Å². The summed E-state index contributed by atoms with van der Waals surface area (Å²) in [7, 11) is 2.14. The Kier molecular flexibility index (Phi) is 4.32. The van der Waals surface area contributed by atoms with Crippen LogP contribution < -0.4 is 0 Å². The van der Waals surface area contributed by atoms with E-state index in [2.05, 4.69) is 0 Å². The maximum atomic E-state index is 12.3. The molecule has 4 aromatic carbocycles. The van der Waals surface area contributed by atoms with Gasteiger partial charge in [-0.25, -0.2) is 25.3 Å². The maximum Gasteiger partial charge on any atom is 0.264 e. The Bertz CT molecular complexity index is 1530. The molecule has 0 saturated heterocycles. The number of halogens is 3. The van der Waals surface area contributed by atoms with Crippen LogP contribution in [0.5, 0.6) is 0 Å². The lowest BCUT2D eigenvalue weighted by molar-refractivity contribution is 0.591. The second kappa shape index (κ2) is 6.07. The third-order valence-corrected chi connectivity index (χ3v) is 8.78. The van der Waals surface area contributed by atoms with Crippen molar-refractivity contribution in [3.8, 4) is 0 Å². The summed E-state index contributed by atoms with van der Waals surface area (Å²) in [6, 6.07) is 11.1. The van der Waals surface area contributed by atoms with Gasteiger partial charge in [0.25, 0.3) is 27.2 Å². The molecular formula is C16H7Cl3O6S3. The van der Waals surface area contributed by atoms with Gasteiger partial charge >= 0.3 is 0 Å². The standard InChI is InChI=1S/C16H7Cl3O6S3/c17-26(20,21)14-10-6-4-8-2-1-3-9-5-7-11(13(10)12(8)9)15(27(18,22)23)16(14)28(19,24)25/h1-7H. The van der Waals surface area contributed by atoms with Crippen molar-refractivity contribution >= 4 is 91.5 Å². The highest BCUT2D eigenvalue weighted by atomic mass is 35.7. The molecule has 0 aromatic heterocycles. The average Bonchev–Trinajstić information content (AvgIpc) is 2.55. The first-order chi connectivity index (χ1) is 12.8. The fourth-order valence-corrected chi connectivity index (χ4v) is 9.04. The first-order valence-corrected chi connectivity index (χ1v) is 14.3. The largest absolute Gasteiger partial charge is 0.264 e. The van der Waals surface area contributed by atoms with Gasteiger partial charge in [0.2, 0.25) is 0 Å². The highest BCUT2D eigenvalue weighted by Crippen LogP contribution is 2.46. The molecule has 4 aromatic rings. The van der Waals surface area contributed by atoms with E-state index in [9.17, 15) is 25.3 Å². The van der Waals surface area contributed by atoms with E-state index in [4.69, 9.17) is 32.0 Å². The van der Waals surface area contributed by atoms with Gasteiger partial charge in [0.05, 0.1) is 0 Å². The van der Waals surface area contributed by atoms with Crippen molar-refractivity contribution in [2.45, 2.75) is 14.7 Å². The fourth-order valence-electron chi connectivity index (χ4n) is 3.51. The minimum atomic E-state index is -4.88. The zero-order valence-electron chi connectivity index (χ0n) is 13.3. The molecule has 0 N–H and O–H groups in total. The third-order valence-electron chi connectivity index (χ3n) is 4.41. The van der Waals surface area contributed by atoms with Gasteiger partial charge in [-0.05, 0) is 16.2 Å².